The Kier molecular flexibility index (Phi) is 11.9. The molecule has 0 saturated carbocycles. The highest BCUT2D eigenvalue weighted by Gasteiger charge is 2.48. The van der Waals surface area contributed by atoms with Gasteiger partial charge in [0.2, 0.25) is 0 Å². The Bertz CT molecular complexity index is 1960. The molecule has 55 heavy (non-hydrogen) atoms. The van der Waals surface area contributed by atoms with Crippen molar-refractivity contribution in [3.8, 4) is 11.5 Å². The molecule has 0 atom stereocenters. The van der Waals surface area contributed by atoms with Gasteiger partial charge in [0.15, 0.2) is 12.6 Å². The van der Waals surface area contributed by atoms with Crippen molar-refractivity contribution in [3.63, 3.8) is 0 Å². The Morgan fingerprint density at radius 3 is 1.09 bits per heavy atom. The molecule has 4 aromatic carbocycles. The van der Waals surface area contributed by atoms with Gasteiger partial charge in [-0.1, -0.05) is 144 Å². The van der Waals surface area contributed by atoms with E-state index in [-0.39, 0.29) is 22.3 Å². The highest BCUT2D eigenvalue weighted by molar-refractivity contribution is 5.85. The summed E-state index contributed by atoms with van der Waals surface area (Å²) in [5, 5.41) is 23.2. The molecule has 0 unspecified atom stereocenters. The van der Waals surface area contributed by atoms with Gasteiger partial charge in [-0.15, -0.1) is 0 Å². The zero-order valence-electron chi connectivity index (χ0n) is 37.0. The molecule has 2 N–H and O–H groups in total. The normalized spacial score (nSPS) is 13.1. The minimum absolute atomic E-state index is 0.242. The number of hydrogen-bond donors (Lipinski definition) is 2. The molecule has 0 aliphatic heterocycles. The molecule has 4 heteroatoms. The van der Waals surface area contributed by atoms with Gasteiger partial charge in [0.25, 0.3) is 0 Å². The van der Waals surface area contributed by atoms with Gasteiger partial charge < -0.3 is 10.2 Å². The van der Waals surface area contributed by atoms with Crippen molar-refractivity contribution in [1.29, 1.82) is 0 Å². The van der Waals surface area contributed by atoms with Gasteiger partial charge in [0.1, 0.15) is 11.5 Å². The van der Waals surface area contributed by atoms with Gasteiger partial charge in [-0.2, -0.15) is 0 Å². The number of phenols is 2. The zero-order valence-corrected chi connectivity index (χ0v) is 37.0. The maximum absolute atomic E-state index is 13.8. The summed E-state index contributed by atoms with van der Waals surface area (Å²) in [5.74, 6) is -0.0550. The Balaban J connectivity index is 2.57. The number of hydrogen-bond acceptors (Lipinski definition) is 4. The van der Waals surface area contributed by atoms with E-state index >= 15 is 0 Å². The number of aryl methyl sites for hydroxylation is 4. The second-order valence-electron chi connectivity index (χ2n) is 20.4. The van der Waals surface area contributed by atoms with Crippen molar-refractivity contribution in [1.82, 2.24) is 0 Å². The minimum Gasteiger partial charge on any atom is -0.508 e. The van der Waals surface area contributed by atoms with E-state index in [0.29, 0.717) is 17.5 Å². The first-order chi connectivity index (χ1) is 25.1. The predicted octanol–water partition coefficient (Wildman–Crippen LogP) is 13.1. The third-order valence-electron chi connectivity index (χ3n) is 11.6. The topological polar surface area (TPSA) is 74.6 Å². The van der Waals surface area contributed by atoms with Crippen LogP contribution in [0.2, 0.25) is 0 Å². The van der Waals surface area contributed by atoms with E-state index in [9.17, 15) is 19.8 Å². The standard InChI is InChI=1S/C51H68O4/c1-18-19-51(38-26-42(49(12,13)14)44(54)24-32(38)4,39-27-43(50(15,16)17)45(55)25-33(39)5)46(34-20-30(2)22-40(36(34)28-52)47(6,7)8)35-21-31(3)23-41(37(35)29-53)48(9,10)11/h20-29,46,54-55H,18-19H2,1-17H3. The largest absolute Gasteiger partial charge is 0.508 e. The van der Waals surface area contributed by atoms with Crippen molar-refractivity contribution in [2.24, 2.45) is 0 Å². The van der Waals surface area contributed by atoms with Gasteiger partial charge in [-0.3, -0.25) is 9.59 Å². The summed E-state index contributed by atoms with van der Waals surface area (Å²) >= 11 is 0. The molecular weight excluding hydrogens is 677 g/mol. The Labute approximate surface area is 332 Å². The Morgan fingerprint density at radius 2 is 0.818 bits per heavy atom. The van der Waals surface area contributed by atoms with Crippen LogP contribution in [0.15, 0.2) is 48.5 Å². The van der Waals surface area contributed by atoms with Gasteiger partial charge in [-0.05, 0) is 124 Å². The van der Waals surface area contributed by atoms with Crippen molar-refractivity contribution in [3.05, 3.63) is 126 Å². The lowest BCUT2D eigenvalue weighted by Crippen LogP contribution is -2.40. The second-order valence-corrected chi connectivity index (χ2v) is 20.4. The molecule has 4 nitrogen and oxygen atoms in total. The second kappa shape index (κ2) is 15.1. The molecule has 0 spiro atoms. The van der Waals surface area contributed by atoms with Crippen LogP contribution in [0.4, 0.5) is 0 Å². The van der Waals surface area contributed by atoms with Crippen LogP contribution in [0.25, 0.3) is 0 Å². The van der Waals surface area contributed by atoms with Crippen LogP contribution in [0.3, 0.4) is 0 Å². The van der Waals surface area contributed by atoms with E-state index in [2.05, 4.69) is 154 Å². The summed E-state index contributed by atoms with van der Waals surface area (Å²) in [6.07, 6.45) is 3.47. The lowest BCUT2D eigenvalue weighted by molar-refractivity contribution is 0.111. The van der Waals surface area contributed by atoms with E-state index < -0.39 is 22.2 Å². The highest BCUT2D eigenvalue weighted by atomic mass is 16.3. The van der Waals surface area contributed by atoms with E-state index in [1.54, 1.807) is 0 Å². The van der Waals surface area contributed by atoms with Gasteiger partial charge in [0, 0.05) is 22.5 Å². The third-order valence-corrected chi connectivity index (χ3v) is 11.6. The quantitative estimate of drug-likeness (QED) is 0.167. The summed E-state index contributed by atoms with van der Waals surface area (Å²) in [7, 11) is 0. The lowest BCUT2D eigenvalue weighted by atomic mass is 9.55. The molecule has 0 bridgehead atoms. The van der Waals surface area contributed by atoms with Gasteiger partial charge in [-0.25, -0.2) is 0 Å². The van der Waals surface area contributed by atoms with Crippen molar-refractivity contribution in [2.75, 3.05) is 0 Å². The van der Waals surface area contributed by atoms with E-state index in [0.717, 1.165) is 85.8 Å². The van der Waals surface area contributed by atoms with Crippen LogP contribution < -0.4 is 0 Å². The number of carbonyl (C=O) groups is 2. The number of aldehydes is 2. The highest BCUT2D eigenvalue weighted by Crippen LogP contribution is 2.57. The summed E-state index contributed by atoms with van der Waals surface area (Å²) < 4.78 is 0. The molecule has 296 valence electrons. The monoisotopic (exact) mass is 745 g/mol. The molecule has 4 aromatic rings. The van der Waals surface area contributed by atoms with E-state index in [1.807, 2.05) is 12.1 Å². The molecule has 0 aromatic heterocycles. The number of rotatable bonds is 9. The SMILES string of the molecule is CCCC(c1cc(C(C)(C)C)c(O)cc1C)(c1cc(C(C)(C)C)c(O)cc1C)C(c1cc(C)cc(C(C)(C)C)c1C=O)c1cc(C)cc(C(C)(C)C)c1C=O. The Hall–Kier alpha value is -4.18. The number of phenolic OH excluding ortho intramolecular Hbond substituents is 2. The van der Waals surface area contributed by atoms with E-state index in [1.165, 1.54) is 0 Å². The molecule has 0 heterocycles. The maximum Gasteiger partial charge on any atom is 0.150 e. The van der Waals surface area contributed by atoms with Gasteiger partial charge >= 0.3 is 0 Å². The van der Waals surface area contributed by atoms with Crippen LogP contribution in [-0.2, 0) is 27.1 Å². The predicted molar refractivity (Wildman–Crippen MR) is 231 cm³/mol. The molecular formula is C51H68O4. The van der Waals surface area contributed by atoms with Crippen LogP contribution >= 0.6 is 0 Å². The fourth-order valence-corrected chi connectivity index (χ4v) is 9.14. The fourth-order valence-electron chi connectivity index (χ4n) is 9.14. The van der Waals surface area contributed by atoms with Gasteiger partial charge in [0.05, 0.1) is 0 Å². The molecule has 0 aliphatic carbocycles. The minimum atomic E-state index is -0.897. The third kappa shape index (κ3) is 8.21. The average Bonchev–Trinajstić information content (AvgIpc) is 3.02. The first-order valence-electron chi connectivity index (χ1n) is 20.0. The summed E-state index contributed by atoms with van der Waals surface area (Å²) in [4.78, 5) is 27.6. The van der Waals surface area contributed by atoms with Crippen LogP contribution in [0.5, 0.6) is 11.5 Å². The lowest BCUT2D eigenvalue weighted by Gasteiger charge is -2.47. The molecule has 0 radical (unpaired) electrons. The first-order valence-corrected chi connectivity index (χ1v) is 20.0. The van der Waals surface area contributed by atoms with Crippen LogP contribution in [0, 0.1) is 27.7 Å². The van der Waals surface area contributed by atoms with Crippen molar-refractivity contribution >= 4 is 12.6 Å². The van der Waals surface area contributed by atoms with Crippen LogP contribution in [0.1, 0.15) is 196 Å². The fraction of sp³-hybridized carbons (Fsp3) is 0.490. The molecule has 0 fully saturated rings. The smallest absolute Gasteiger partial charge is 0.150 e. The first kappa shape index (κ1) is 43.5. The van der Waals surface area contributed by atoms with E-state index in [4.69, 9.17) is 0 Å². The number of benzene rings is 4. The molecule has 4 rings (SSSR count). The Morgan fingerprint density at radius 1 is 0.491 bits per heavy atom. The molecule has 0 aliphatic rings. The van der Waals surface area contributed by atoms with Crippen molar-refractivity contribution < 1.29 is 19.8 Å². The molecule has 0 amide bonds. The van der Waals surface area contributed by atoms with Crippen LogP contribution in [-0.4, -0.2) is 22.8 Å². The summed E-state index contributed by atoms with van der Waals surface area (Å²) in [6, 6.07) is 16.8. The number of carbonyl (C=O) groups excluding carboxylic acids is 2. The average molecular weight is 745 g/mol. The molecule has 0 saturated heterocycles. The maximum atomic E-state index is 13.8. The van der Waals surface area contributed by atoms with Crippen molar-refractivity contribution in [2.45, 2.75) is 164 Å². The summed E-state index contributed by atoms with van der Waals surface area (Å²) in [5.41, 5.74) is 10.2. The zero-order chi connectivity index (χ0) is 41.8. The number of aromatic hydroxyl groups is 2. The summed E-state index contributed by atoms with van der Waals surface area (Å²) in [6.45, 7) is 36.1.